The normalized spacial score (nSPS) is 24.3. The van der Waals surface area contributed by atoms with Crippen molar-refractivity contribution in [1.29, 1.82) is 0 Å². The molecule has 152 valence electrons. The van der Waals surface area contributed by atoms with Gasteiger partial charge in [0.2, 0.25) is 5.91 Å². The molecule has 0 aliphatic carbocycles. The van der Waals surface area contributed by atoms with Gasteiger partial charge in [-0.1, -0.05) is 6.42 Å². The Balaban J connectivity index is 1.44. The molecule has 4 heterocycles. The molecule has 4 rings (SSSR count). The number of fused-ring (bicyclic) bond motifs is 1. The summed E-state index contributed by atoms with van der Waals surface area (Å²) >= 11 is 0. The van der Waals surface area contributed by atoms with E-state index in [9.17, 15) is 14.4 Å². The fourth-order valence-electron chi connectivity index (χ4n) is 4.46. The first-order chi connectivity index (χ1) is 13.4. The lowest BCUT2D eigenvalue weighted by Crippen LogP contribution is -2.41. The maximum Gasteiger partial charge on any atom is 0.325 e. The lowest BCUT2D eigenvalue weighted by Gasteiger charge is -2.25. The summed E-state index contributed by atoms with van der Waals surface area (Å²) in [5.74, 6) is 1.58. The minimum Gasteiger partial charge on any atom is -0.332 e. The number of nitrogens with zero attached hydrogens (tertiary/aromatic N) is 5. The molecular formula is C19H28N6O3. The van der Waals surface area contributed by atoms with E-state index in [-0.39, 0.29) is 30.8 Å². The molecule has 3 aliphatic rings. The van der Waals surface area contributed by atoms with Crippen molar-refractivity contribution in [3.05, 3.63) is 11.6 Å². The van der Waals surface area contributed by atoms with Crippen LogP contribution in [0.5, 0.6) is 0 Å². The van der Waals surface area contributed by atoms with Crippen LogP contribution in [0.1, 0.15) is 70.1 Å². The Kier molecular flexibility index (Phi) is 4.84. The third kappa shape index (κ3) is 3.27. The van der Waals surface area contributed by atoms with Gasteiger partial charge in [-0.05, 0) is 39.5 Å². The highest BCUT2D eigenvalue weighted by Crippen LogP contribution is 2.33. The van der Waals surface area contributed by atoms with E-state index in [1.807, 2.05) is 4.90 Å². The molecule has 0 saturated carbocycles. The zero-order valence-corrected chi connectivity index (χ0v) is 16.6. The van der Waals surface area contributed by atoms with E-state index < -0.39 is 11.6 Å². The predicted octanol–water partition coefficient (Wildman–Crippen LogP) is 1.39. The summed E-state index contributed by atoms with van der Waals surface area (Å²) in [7, 11) is 0. The van der Waals surface area contributed by atoms with Crippen LogP contribution in [0.3, 0.4) is 0 Å². The third-order valence-electron chi connectivity index (χ3n) is 6.00. The lowest BCUT2D eigenvalue weighted by molar-refractivity contribution is -0.134. The molecule has 4 amide bonds. The highest BCUT2D eigenvalue weighted by Gasteiger charge is 2.44. The van der Waals surface area contributed by atoms with E-state index in [0.717, 1.165) is 55.2 Å². The summed E-state index contributed by atoms with van der Waals surface area (Å²) in [4.78, 5) is 40.3. The number of hydrogen-bond acceptors (Lipinski definition) is 5. The number of imide groups is 1. The average molecular weight is 388 g/mol. The Morgan fingerprint density at radius 1 is 1.14 bits per heavy atom. The van der Waals surface area contributed by atoms with Gasteiger partial charge < -0.3 is 14.8 Å². The topological polar surface area (TPSA) is 100 Å². The molecule has 0 bridgehead atoms. The van der Waals surface area contributed by atoms with E-state index in [1.54, 1.807) is 13.8 Å². The fraction of sp³-hybridized carbons (Fsp3) is 0.737. The second-order valence-corrected chi connectivity index (χ2v) is 8.44. The predicted molar refractivity (Wildman–Crippen MR) is 100 cm³/mol. The summed E-state index contributed by atoms with van der Waals surface area (Å²) in [5, 5.41) is 11.4. The summed E-state index contributed by atoms with van der Waals surface area (Å²) in [6.07, 6.45) is 6.31. The van der Waals surface area contributed by atoms with Gasteiger partial charge in [0, 0.05) is 32.5 Å². The van der Waals surface area contributed by atoms with Crippen molar-refractivity contribution in [2.45, 2.75) is 76.9 Å². The number of amides is 4. The monoisotopic (exact) mass is 388 g/mol. The van der Waals surface area contributed by atoms with Crippen LogP contribution < -0.4 is 5.32 Å². The van der Waals surface area contributed by atoms with Gasteiger partial charge in [0.1, 0.15) is 11.4 Å². The number of urea groups is 1. The first-order valence-electron chi connectivity index (χ1n) is 10.2. The highest BCUT2D eigenvalue weighted by molar-refractivity contribution is 6.06. The summed E-state index contributed by atoms with van der Waals surface area (Å²) in [5.41, 5.74) is -0.907. The fourth-order valence-corrected chi connectivity index (χ4v) is 4.46. The standard InChI is InChI=1S/C19H28N6O3/c1-19(2)17(27)25(18(28)20-19)12-9-15(26)23-11-6-7-13(23)16-22-21-14-8-4-3-5-10-24(14)16/h13H,3-12H2,1-2H3,(H,20,28)/t13-/m0/s1. The maximum atomic E-state index is 12.9. The summed E-state index contributed by atoms with van der Waals surface area (Å²) < 4.78 is 2.20. The number of carbonyl (C=O) groups is 3. The number of hydrogen-bond donors (Lipinski definition) is 1. The van der Waals surface area contributed by atoms with E-state index in [1.165, 1.54) is 6.42 Å². The second kappa shape index (κ2) is 7.18. The zero-order valence-electron chi connectivity index (χ0n) is 16.6. The zero-order chi connectivity index (χ0) is 19.9. The minimum absolute atomic E-state index is 0.0428. The van der Waals surface area contributed by atoms with Crippen molar-refractivity contribution >= 4 is 17.8 Å². The average Bonchev–Trinajstić information content (AvgIpc) is 3.27. The van der Waals surface area contributed by atoms with Crippen molar-refractivity contribution in [2.75, 3.05) is 13.1 Å². The van der Waals surface area contributed by atoms with E-state index >= 15 is 0 Å². The van der Waals surface area contributed by atoms with Crippen LogP contribution in [-0.2, 0) is 22.6 Å². The van der Waals surface area contributed by atoms with Crippen LogP contribution in [-0.4, -0.2) is 61.0 Å². The molecule has 2 fully saturated rings. The number of rotatable bonds is 4. The molecule has 9 heteroatoms. The second-order valence-electron chi connectivity index (χ2n) is 8.44. The molecule has 9 nitrogen and oxygen atoms in total. The van der Waals surface area contributed by atoms with Gasteiger partial charge in [-0.2, -0.15) is 0 Å². The lowest BCUT2D eigenvalue weighted by atomic mass is 10.1. The van der Waals surface area contributed by atoms with Crippen LogP contribution in [0.15, 0.2) is 0 Å². The number of carbonyl (C=O) groups excluding carboxylic acids is 3. The van der Waals surface area contributed by atoms with Crippen LogP contribution in [0, 0.1) is 0 Å². The van der Waals surface area contributed by atoms with Gasteiger partial charge in [0.05, 0.1) is 6.04 Å². The van der Waals surface area contributed by atoms with E-state index in [4.69, 9.17) is 0 Å². The highest BCUT2D eigenvalue weighted by atomic mass is 16.2. The van der Waals surface area contributed by atoms with Crippen molar-refractivity contribution in [1.82, 2.24) is 29.9 Å². The SMILES string of the molecule is CC1(C)NC(=O)N(CCC(=O)N2CCC[C@H]2c2nnc3n2CCCCC3)C1=O. The smallest absolute Gasteiger partial charge is 0.325 e. The first kappa shape index (κ1) is 18.9. The van der Waals surface area contributed by atoms with Gasteiger partial charge in [-0.3, -0.25) is 14.5 Å². The Morgan fingerprint density at radius 2 is 1.96 bits per heavy atom. The molecule has 1 atom stereocenters. The van der Waals surface area contributed by atoms with Crippen molar-refractivity contribution in [3.63, 3.8) is 0 Å². The molecule has 28 heavy (non-hydrogen) atoms. The Bertz CT molecular complexity index is 802. The number of aryl methyl sites for hydroxylation is 1. The number of likely N-dealkylation sites (tertiary alicyclic amines) is 1. The Labute approximate surface area is 164 Å². The van der Waals surface area contributed by atoms with Gasteiger partial charge in [-0.15, -0.1) is 10.2 Å². The van der Waals surface area contributed by atoms with Gasteiger partial charge in [-0.25, -0.2) is 4.79 Å². The van der Waals surface area contributed by atoms with Gasteiger partial charge >= 0.3 is 6.03 Å². The Hall–Kier alpha value is -2.45. The summed E-state index contributed by atoms with van der Waals surface area (Å²) in [6.45, 7) is 5.03. The van der Waals surface area contributed by atoms with Crippen LogP contribution >= 0.6 is 0 Å². The molecule has 1 N–H and O–H groups in total. The minimum atomic E-state index is -0.907. The molecule has 1 aromatic heterocycles. The molecule has 0 radical (unpaired) electrons. The quantitative estimate of drug-likeness (QED) is 0.786. The van der Waals surface area contributed by atoms with Gasteiger partial charge in [0.15, 0.2) is 5.82 Å². The van der Waals surface area contributed by atoms with Crippen molar-refractivity contribution < 1.29 is 14.4 Å². The molecule has 0 unspecified atom stereocenters. The Morgan fingerprint density at radius 3 is 2.71 bits per heavy atom. The molecule has 1 aromatic rings. The number of nitrogens with one attached hydrogen (secondary N) is 1. The molecule has 0 aromatic carbocycles. The largest absolute Gasteiger partial charge is 0.332 e. The third-order valence-corrected chi connectivity index (χ3v) is 6.00. The van der Waals surface area contributed by atoms with E-state index in [0.29, 0.717) is 6.54 Å². The maximum absolute atomic E-state index is 12.9. The first-order valence-corrected chi connectivity index (χ1v) is 10.2. The molecular weight excluding hydrogens is 360 g/mol. The molecule has 2 saturated heterocycles. The van der Waals surface area contributed by atoms with Crippen LogP contribution in [0.25, 0.3) is 0 Å². The molecule has 0 spiro atoms. The van der Waals surface area contributed by atoms with Crippen molar-refractivity contribution in [3.8, 4) is 0 Å². The summed E-state index contributed by atoms with van der Waals surface area (Å²) in [6, 6.07) is -0.491. The number of aromatic nitrogens is 3. The van der Waals surface area contributed by atoms with E-state index in [2.05, 4.69) is 20.1 Å². The van der Waals surface area contributed by atoms with Gasteiger partial charge in [0.25, 0.3) is 5.91 Å². The van der Waals surface area contributed by atoms with Crippen molar-refractivity contribution in [2.24, 2.45) is 0 Å². The van der Waals surface area contributed by atoms with Crippen LogP contribution in [0.4, 0.5) is 4.79 Å². The molecule has 3 aliphatic heterocycles. The van der Waals surface area contributed by atoms with Crippen LogP contribution in [0.2, 0.25) is 0 Å².